The van der Waals surface area contributed by atoms with Crippen molar-refractivity contribution in [3.63, 3.8) is 0 Å². The quantitative estimate of drug-likeness (QED) is 0.334. The zero-order valence-corrected chi connectivity index (χ0v) is 25.2. The number of aliphatic hydroxyl groups is 1. The monoisotopic (exact) mass is 613 g/mol. The molecule has 2 aromatic carbocycles. The summed E-state index contributed by atoms with van der Waals surface area (Å²) in [5, 5.41) is 22.6. The van der Waals surface area contributed by atoms with Crippen molar-refractivity contribution in [1.82, 2.24) is 9.80 Å². The Hall–Kier alpha value is -4.45. The third-order valence-corrected chi connectivity index (χ3v) is 9.59. The molecule has 11 nitrogen and oxygen atoms in total. The number of Topliss-reactive ketones (excluding diaryl/α,β-unsaturated/α-hetero) is 4. The Balaban J connectivity index is 1.34. The van der Waals surface area contributed by atoms with Crippen molar-refractivity contribution in [2.75, 3.05) is 21.1 Å². The minimum Gasteiger partial charge on any atom is -0.507 e. The molecule has 0 radical (unpaired) electrons. The van der Waals surface area contributed by atoms with Crippen LogP contribution in [0, 0.1) is 23.7 Å². The van der Waals surface area contributed by atoms with E-state index in [0.29, 0.717) is 35.7 Å². The van der Waals surface area contributed by atoms with Crippen LogP contribution in [0.15, 0.2) is 59.0 Å². The number of ketones is 4. The highest BCUT2D eigenvalue weighted by molar-refractivity contribution is 6.32. The number of phenols is 1. The van der Waals surface area contributed by atoms with Crippen LogP contribution in [-0.2, 0) is 38.7 Å². The van der Waals surface area contributed by atoms with Gasteiger partial charge in [0.1, 0.15) is 17.3 Å². The molecule has 4 N–H and O–H groups in total. The summed E-state index contributed by atoms with van der Waals surface area (Å²) in [5.41, 5.74) is 4.77. The summed E-state index contributed by atoms with van der Waals surface area (Å²) < 4.78 is 6.21. The van der Waals surface area contributed by atoms with Gasteiger partial charge in [-0.3, -0.25) is 33.8 Å². The Labute approximate surface area is 259 Å². The smallest absolute Gasteiger partial charge is 0.235 e. The average Bonchev–Trinajstić information content (AvgIpc) is 3.43. The highest BCUT2D eigenvalue weighted by Crippen LogP contribution is 2.51. The Morgan fingerprint density at radius 2 is 1.69 bits per heavy atom. The second-order valence-corrected chi connectivity index (χ2v) is 12.7. The second-order valence-electron chi connectivity index (χ2n) is 12.7. The number of carbonyl (C=O) groups is 5. The number of nitrogens with zero attached hydrogens (tertiary/aromatic N) is 2. The van der Waals surface area contributed by atoms with Crippen LogP contribution in [0.3, 0.4) is 0 Å². The largest absolute Gasteiger partial charge is 0.507 e. The molecule has 0 spiro atoms. The maximum Gasteiger partial charge on any atom is 0.235 e. The zero-order chi connectivity index (χ0) is 32.4. The highest BCUT2D eigenvalue weighted by Gasteiger charge is 2.69. The molecule has 0 saturated heterocycles. The first-order valence-corrected chi connectivity index (χ1v) is 14.9. The number of phenolic OH excluding ortho intramolecular Hbond substituents is 1. The minimum absolute atomic E-state index is 0.0212. The Morgan fingerprint density at radius 3 is 2.36 bits per heavy atom. The first kappa shape index (κ1) is 30.6. The molecule has 45 heavy (non-hydrogen) atoms. The maximum atomic E-state index is 14.0. The molecule has 2 saturated carbocycles. The van der Waals surface area contributed by atoms with Gasteiger partial charge in [-0.2, -0.15) is 0 Å². The summed E-state index contributed by atoms with van der Waals surface area (Å²) in [6, 6.07) is 15.5. The molecule has 2 fully saturated rings. The van der Waals surface area contributed by atoms with Crippen molar-refractivity contribution in [3.05, 3.63) is 77.0 Å². The standard InChI is InChI=1S/C34H35N3O8/c1-36(2)28-22-14-18-13-21-20(24-12-9-19(45-24)16-37(3)15-17-7-5-4-6-8-17)10-11-23(38)26(21)29(39)25(18)31(41)34(22,44)32(42)27(30(28)40)33(35)43/h4-12,18,22,25,27-28,38,44H,13-16H2,1-3H3,(H2,35,43)/t18-,22-,25?,27?,28-,34-/m0/s1. The number of aromatic hydroxyl groups is 1. The first-order chi connectivity index (χ1) is 21.3. The molecule has 6 rings (SSSR count). The van der Waals surface area contributed by atoms with E-state index in [1.165, 1.54) is 11.0 Å². The summed E-state index contributed by atoms with van der Waals surface area (Å²) in [4.78, 5) is 70.5. The average molecular weight is 614 g/mol. The van der Waals surface area contributed by atoms with E-state index < -0.39 is 64.4 Å². The molecule has 3 aliphatic rings. The van der Waals surface area contributed by atoms with Gasteiger partial charge in [0.2, 0.25) is 5.91 Å². The normalized spacial score (nSPS) is 27.8. The Kier molecular flexibility index (Phi) is 7.59. The summed E-state index contributed by atoms with van der Waals surface area (Å²) >= 11 is 0. The molecule has 234 valence electrons. The number of carbonyl (C=O) groups excluding carboxylic acids is 5. The predicted octanol–water partition coefficient (Wildman–Crippen LogP) is 1.76. The lowest BCUT2D eigenvalue weighted by molar-refractivity contribution is -0.181. The molecule has 6 atom stereocenters. The lowest BCUT2D eigenvalue weighted by atomic mass is 9.52. The third kappa shape index (κ3) is 4.82. The Bertz CT molecular complexity index is 1730. The van der Waals surface area contributed by atoms with Crippen molar-refractivity contribution in [3.8, 4) is 17.1 Å². The van der Waals surface area contributed by atoms with Crippen LogP contribution in [0.2, 0.25) is 0 Å². The van der Waals surface area contributed by atoms with Crippen LogP contribution < -0.4 is 5.73 Å². The zero-order valence-electron chi connectivity index (χ0n) is 25.2. The summed E-state index contributed by atoms with van der Waals surface area (Å²) in [7, 11) is 5.08. The van der Waals surface area contributed by atoms with Gasteiger partial charge in [-0.05, 0) is 75.3 Å². The fraction of sp³-hybridized carbons (Fsp3) is 0.382. The Morgan fingerprint density at radius 1 is 0.978 bits per heavy atom. The van der Waals surface area contributed by atoms with Crippen LogP contribution in [0.1, 0.15) is 33.7 Å². The van der Waals surface area contributed by atoms with Gasteiger partial charge in [-0.25, -0.2) is 0 Å². The molecule has 1 heterocycles. The minimum atomic E-state index is -2.76. The molecule has 0 aliphatic heterocycles. The molecule has 3 aliphatic carbocycles. The van der Waals surface area contributed by atoms with E-state index in [1.807, 2.05) is 43.4 Å². The van der Waals surface area contributed by atoms with E-state index in [1.54, 1.807) is 26.2 Å². The molecule has 1 amide bonds. The number of furan rings is 1. The number of benzene rings is 2. The number of primary amides is 1. The number of amides is 1. The van der Waals surface area contributed by atoms with E-state index in [9.17, 15) is 34.2 Å². The molecular formula is C34H35N3O8. The number of likely N-dealkylation sites (N-methyl/N-ethyl adjacent to an activating group) is 1. The first-order valence-electron chi connectivity index (χ1n) is 14.9. The summed E-state index contributed by atoms with van der Waals surface area (Å²) in [6.07, 6.45) is 0.131. The van der Waals surface area contributed by atoms with E-state index in [2.05, 4.69) is 4.90 Å². The lowest BCUT2D eigenvalue weighted by Crippen LogP contribution is -2.74. The number of fused-ring (bicyclic) bond motifs is 3. The fourth-order valence-electron chi connectivity index (χ4n) is 7.66. The van der Waals surface area contributed by atoms with Crippen molar-refractivity contribution >= 4 is 29.0 Å². The topological polar surface area (TPSA) is 171 Å². The molecular weight excluding hydrogens is 578 g/mol. The van der Waals surface area contributed by atoms with E-state index >= 15 is 0 Å². The predicted molar refractivity (Wildman–Crippen MR) is 161 cm³/mol. The van der Waals surface area contributed by atoms with Crippen LogP contribution >= 0.6 is 0 Å². The maximum absolute atomic E-state index is 14.0. The van der Waals surface area contributed by atoms with E-state index in [0.717, 1.165) is 5.56 Å². The SMILES string of the molecule is CN(Cc1ccccc1)Cc1ccc(-c2ccc(O)c3c2C[C@H]2C[C@H]4[C@H](N(C)C)C(=O)C(C(N)=O)C(=O)[C@@]4(O)C(=O)C2C3=O)o1. The molecule has 3 aromatic rings. The third-order valence-electron chi connectivity index (χ3n) is 9.59. The van der Waals surface area contributed by atoms with Gasteiger partial charge in [0.25, 0.3) is 0 Å². The van der Waals surface area contributed by atoms with Crippen molar-refractivity contribution < 1.29 is 38.6 Å². The van der Waals surface area contributed by atoms with Crippen LogP contribution in [-0.4, -0.2) is 81.8 Å². The molecule has 0 bridgehead atoms. The highest BCUT2D eigenvalue weighted by atomic mass is 16.3. The van der Waals surface area contributed by atoms with Gasteiger partial charge >= 0.3 is 0 Å². The van der Waals surface area contributed by atoms with Crippen molar-refractivity contribution in [1.29, 1.82) is 0 Å². The fourth-order valence-corrected chi connectivity index (χ4v) is 7.66. The van der Waals surface area contributed by atoms with Crippen molar-refractivity contribution in [2.24, 2.45) is 29.4 Å². The molecule has 2 unspecified atom stereocenters. The van der Waals surface area contributed by atoms with Crippen LogP contribution in [0.25, 0.3) is 11.3 Å². The van der Waals surface area contributed by atoms with Gasteiger partial charge in [-0.1, -0.05) is 30.3 Å². The van der Waals surface area contributed by atoms with E-state index in [4.69, 9.17) is 10.2 Å². The van der Waals surface area contributed by atoms with Gasteiger partial charge < -0.3 is 20.4 Å². The molecule has 11 heteroatoms. The van der Waals surface area contributed by atoms with Crippen LogP contribution in [0.5, 0.6) is 5.75 Å². The number of rotatable bonds is 7. The number of nitrogens with two attached hydrogens (primary N) is 1. The van der Waals surface area contributed by atoms with Crippen LogP contribution in [0.4, 0.5) is 0 Å². The summed E-state index contributed by atoms with van der Waals surface area (Å²) in [6.45, 7) is 1.23. The van der Waals surface area contributed by atoms with Gasteiger partial charge in [-0.15, -0.1) is 0 Å². The number of hydrogen-bond donors (Lipinski definition) is 3. The van der Waals surface area contributed by atoms with Gasteiger partial charge in [0, 0.05) is 18.0 Å². The van der Waals surface area contributed by atoms with Gasteiger partial charge in [0.15, 0.2) is 34.7 Å². The summed E-state index contributed by atoms with van der Waals surface area (Å²) in [5.74, 6) is -9.61. The second kappa shape index (κ2) is 11.2. The van der Waals surface area contributed by atoms with Crippen molar-refractivity contribution in [2.45, 2.75) is 37.6 Å². The van der Waals surface area contributed by atoms with Gasteiger partial charge in [0.05, 0.1) is 24.1 Å². The number of hydrogen-bond acceptors (Lipinski definition) is 10. The van der Waals surface area contributed by atoms with E-state index in [-0.39, 0.29) is 24.2 Å². The lowest BCUT2D eigenvalue weighted by Gasteiger charge is -2.52. The molecule has 1 aromatic heterocycles.